The average molecular weight is 616 g/mol. The molecule has 0 spiro atoms. The molecule has 4 aromatic rings. The van der Waals surface area contributed by atoms with Gasteiger partial charge in [0, 0.05) is 30.1 Å². The first-order chi connectivity index (χ1) is 19.9. The molecule has 1 aromatic heterocycles. The number of rotatable bonds is 13. The molecular formula is C32H36Cl2N2O4S. The summed E-state index contributed by atoms with van der Waals surface area (Å²) in [6.07, 6.45) is 2.46. The molecule has 218 valence electrons. The van der Waals surface area contributed by atoms with E-state index in [1.807, 2.05) is 42.5 Å². The third kappa shape index (κ3) is 7.79. The van der Waals surface area contributed by atoms with Gasteiger partial charge in [0.05, 0.1) is 38.5 Å². The fourth-order valence-electron chi connectivity index (χ4n) is 4.80. The summed E-state index contributed by atoms with van der Waals surface area (Å²) in [6.45, 7) is 3.69. The van der Waals surface area contributed by atoms with Crippen LogP contribution >= 0.6 is 34.5 Å². The molecule has 1 heterocycles. The Hall–Kier alpha value is -3.13. The van der Waals surface area contributed by atoms with Crippen molar-refractivity contribution in [3.05, 3.63) is 97.2 Å². The Balaban J connectivity index is 1.59. The second-order valence-electron chi connectivity index (χ2n) is 9.71. The monoisotopic (exact) mass is 614 g/mol. The number of aromatic nitrogens is 1. The average Bonchev–Trinajstić information content (AvgIpc) is 3.40. The van der Waals surface area contributed by atoms with E-state index in [-0.39, 0.29) is 5.92 Å². The Labute approximate surface area is 256 Å². The molecule has 9 heteroatoms. The first kappa shape index (κ1) is 30.8. The van der Waals surface area contributed by atoms with E-state index < -0.39 is 0 Å². The van der Waals surface area contributed by atoms with Crippen LogP contribution in [0, 0.1) is 0 Å². The molecule has 0 fully saturated rings. The third-order valence-corrected chi connectivity index (χ3v) is 8.68. The lowest BCUT2D eigenvalue weighted by molar-refractivity contribution is 0.354. The van der Waals surface area contributed by atoms with Crippen LogP contribution in [0.5, 0.6) is 23.0 Å². The van der Waals surface area contributed by atoms with Gasteiger partial charge in [0.2, 0.25) is 0 Å². The largest absolute Gasteiger partial charge is 0.493 e. The van der Waals surface area contributed by atoms with Crippen molar-refractivity contribution in [1.29, 1.82) is 0 Å². The predicted octanol–water partition coefficient (Wildman–Crippen LogP) is 7.62. The maximum absolute atomic E-state index is 6.30. The molecule has 0 bridgehead atoms. The number of benzene rings is 3. The van der Waals surface area contributed by atoms with Gasteiger partial charge in [-0.3, -0.25) is 4.99 Å². The number of ether oxygens (including phenoxy) is 4. The Morgan fingerprint density at radius 1 is 0.732 bits per heavy atom. The standard InChI is InChI=1S/C32H36Cl2N2O4S/c1-21(16-24-6-9-25(33)26(34)17-24)27-20-41-32(35-14-12-22-7-10-28(37-2)30(18-22)39-4)36(27)15-13-23-8-11-29(38-3)31(19-23)40-5/h6-11,17-21H,12-16H2,1-5H3. The van der Waals surface area contributed by atoms with Gasteiger partial charge in [-0.15, -0.1) is 11.3 Å². The zero-order valence-corrected chi connectivity index (χ0v) is 26.4. The number of hydrogen-bond acceptors (Lipinski definition) is 6. The summed E-state index contributed by atoms with van der Waals surface area (Å²) in [7, 11) is 6.60. The van der Waals surface area contributed by atoms with Gasteiger partial charge in [-0.05, 0) is 72.4 Å². The molecule has 0 aliphatic rings. The topological polar surface area (TPSA) is 54.2 Å². The van der Waals surface area contributed by atoms with Gasteiger partial charge in [-0.25, -0.2) is 0 Å². The summed E-state index contributed by atoms with van der Waals surface area (Å²) in [5, 5.41) is 3.37. The van der Waals surface area contributed by atoms with Crippen LogP contribution in [-0.4, -0.2) is 39.6 Å². The van der Waals surface area contributed by atoms with E-state index in [2.05, 4.69) is 29.0 Å². The van der Waals surface area contributed by atoms with Crippen molar-refractivity contribution in [3.8, 4) is 23.0 Å². The van der Waals surface area contributed by atoms with Crippen LogP contribution in [0.1, 0.15) is 35.2 Å². The number of nitrogens with zero attached hydrogens (tertiary/aromatic N) is 2. The molecule has 0 saturated carbocycles. The first-order valence-electron chi connectivity index (χ1n) is 13.4. The quantitative estimate of drug-likeness (QED) is 0.155. The highest BCUT2D eigenvalue weighted by molar-refractivity contribution is 7.07. The molecule has 0 radical (unpaired) electrons. The minimum atomic E-state index is 0.253. The van der Waals surface area contributed by atoms with E-state index in [1.165, 1.54) is 11.3 Å². The fourth-order valence-corrected chi connectivity index (χ4v) is 6.20. The molecule has 0 N–H and O–H groups in total. The highest BCUT2D eigenvalue weighted by Gasteiger charge is 2.15. The Bertz CT molecular complexity index is 1530. The van der Waals surface area contributed by atoms with Gasteiger partial charge in [0.1, 0.15) is 0 Å². The van der Waals surface area contributed by atoms with E-state index in [0.717, 1.165) is 64.7 Å². The summed E-state index contributed by atoms with van der Waals surface area (Å²) in [4.78, 5) is 6.04. The first-order valence-corrected chi connectivity index (χ1v) is 15.0. The SMILES string of the molecule is COc1ccc(CCN=c2scc(C(C)Cc3ccc(Cl)c(Cl)c3)n2CCc2ccc(OC)c(OC)c2)cc1OC. The van der Waals surface area contributed by atoms with Crippen molar-refractivity contribution in [2.45, 2.75) is 38.6 Å². The van der Waals surface area contributed by atoms with Crippen molar-refractivity contribution < 1.29 is 18.9 Å². The normalized spacial score (nSPS) is 12.3. The van der Waals surface area contributed by atoms with Crippen LogP contribution in [0.3, 0.4) is 0 Å². The van der Waals surface area contributed by atoms with Gasteiger partial charge < -0.3 is 23.5 Å². The zero-order chi connectivity index (χ0) is 29.4. The summed E-state index contributed by atoms with van der Waals surface area (Å²) in [5.41, 5.74) is 4.71. The number of methoxy groups -OCH3 is 4. The van der Waals surface area contributed by atoms with E-state index in [1.54, 1.807) is 39.8 Å². The van der Waals surface area contributed by atoms with E-state index in [4.69, 9.17) is 47.1 Å². The Kier molecular flexibility index (Phi) is 11.0. The van der Waals surface area contributed by atoms with E-state index >= 15 is 0 Å². The van der Waals surface area contributed by atoms with Crippen LogP contribution in [0.25, 0.3) is 0 Å². The molecule has 3 aromatic carbocycles. The number of hydrogen-bond donors (Lipinski definition) is 0. The molecule has 4 rings (SSSR count). The van der Waals surface area contributed by atoms with Crippen molar-refractivity contribution in [3.63, 3.8) is 0 Å². The smallest absolute Gasteiger partial charge is 0.184 e. The van der Waals surface area contributed by atoms with Gasteiger partial charge in [0.25, 0.3) is 0 Å². The number of thiazole rings is 1. The van der Waals surface area contributed by atoms with E-state index in [0.29, 0.717) is 16.6 Å². The molecule has 0 saturated heterocycles. The third-order valence-electron chi connectivity index (χ3n) is 7.03. The van der Waals surface area contributed by atoms with Crippen LogP contribution < -0.4 is 23.7 Å². The summed E-state index contributed by atoms with van der Waals surface area (Å²) < 4.78 is 24.1. The van der Waals surface area contributed by atoms with Crippen LogP contribution in [0.2, 0.25) is 10.0 Å². The van der Waals surface area contributed by atoms with Crippen LogP contribution in [0.15, 0.2) is 65.0 Å². The van der Waals surface area contributed by atoms with Crippen molar-refractivity contribution in [2.24, 2.45) is 4.99 Å². The molecule has 1 atom stereocenters. The second kappa shape index (κ2) is 14.7. The van der Waals surface area contributed by atoms with Gasteiger partial charge in [-0.1, -0.05) is 48.3 Å². The molecule has 41 heavy (non-hydrogen) atoms. The lowest BCUT2D eigenvalue weighted by Crippen LogP contribution is -2.21. The van der Waals surface area contributed by atoms with E-state index in [9.17, 15) is 0 Å². The highest BCUT2D eigenvalue weighted by Crippen LogP contribution is 2.30. The lowest BCUT2D eigenvalue weighted by Gasteiger charge is -2.16. The van der Waals surface area contributed by atoms with Crippen LogP contribution in [-0.2, 0) is 25.8 Å². The van der Waals surface area contributed by atoms with Gasteiger partial charge in [-0.2, -0.15) is 0 Å². The van der Waals surface area contributed by atoms with Gasteiger partial charge in [0.15, 0.2) is 27.8 Å². The molecular weight excluding hydrogens is 579 g/mol. The highest BCUT2D eigenvalue weighted by atomic mass is 35.5. The second-order valence-corrected chi connectivity index (χ2v) is 11.4. The minimum Gasteiger partial charge on any atom is -0.493 e. The summed E-state index contributed by atoms with van der Waals surface area (Å²) >= 11 is 14.1. The molecule has 0 aliphatic carbocycles. The van der Waals surface area contributed by atoms with Crippen molar-refractivity contribution >= 4 is 34.5 Å². The summed E-state index contributed by atoms with van der Waals surface area (Å²) in [6, 6.07) is 17.9. The Morgan fingerprint density at radius 3 is 1.90 bits per heavy atom. The molecule has 1 unspecified atom stereocenters. The van der Waals surface area contributed by atoms with Crippen molar-refractivity contribution in [1.82, 2.24) is 4.57 Å². The fraction of sp³-hybridized carbons (Fsp3) is 0.344. The number of aryl methyl sites for hydroxylation is 1. The van der Waals surface area contributed by atoms with Crippen molar-refractivity contribution in [2.75, 3.05) is 35.0 Å². The molecule has 0 aliphatic heterocycles. The molecule has 0 amide bonds. The number of halogens is 2. The lowest BCUT2D eigenvalue weighted by atomic mass is 9.98. The maximum Gasteiger partial charge on any atom is 0.184 e. The van der Waals surface area contributed by atoms with Gasteiger partial charge >= 0.3 is 0 Å². The molecule has 6 nitrogen and oxygen atoms in total. The summed E-state index contributed by atoms with van der Waals surface area (Å²) in [5.74, 6) is 3.16. The predicted molar refractivity (Wildman–Crippen MR) is 168 cm³/mol. The van der Waals surface area contributed by atoms with Crippen LogP contribution in [0.4, 0.5) is 0 Å². The Morgan fingerprint density at radius 2 is 1.32 bits per heavy atom. The minimum absolute atomic E-state index is 0.253. The maximum atomic E-state index is 6.30. The zero-order valence-electron chi connectivity index (χ0n) is 24.1.